The topological polar surface area (TPSA) is 54.7 Å². The van der Waals surface area contributed by atoms with E-state index >= 15 is 0 Å². The molecule has 74 valence electrons. The fourth-order valence-electron chi connectivity index (χ4n) is 1.80. The normalized spacial score (nSPS) is 11.3. The highest BCUT2D eigenvalue weighted by Gasteiger charge is 2.06. The summed E-state index contributed by atoms with van der Waals surface area (Å²) in [5.74, 6) is 0.517. The van der Waals surface area contributed by atoms with Crippen LogP contribution in [0.3, 0.4) is 0 Å². The molecular weight excluding hydrogens is 210 g/mol. The maximum absolute atomic E-state index is 6.09. The number of H-pyrrole nitrogens is 1. The van der Waals surface area contributed by atoms with Crippen LogP contribution in [0.15, 0.2) is 30.5 Å². The molecule has 2 aromatic heterocycles. The van der Waals surface area contributed by atoms with E-state index in [1.54, 1.807) is 6.20 Å². The highest BCUT2D eigenvalue weighted by molar-refractivity contribution is 6.36. The van der Waals surface area contributed by atoms with Gasteiger partial charge in [-0.2, -0.15) is 0 Å². The van der Waals surface area contributed by atoms with E-state index in [1.807, 2.05) is 24.3 Å². The minimum Gasteiger partial charge on any atom is -0.384 e. The van der Waals surface area contributed by atoms with Crippen LogP contribution in [0.25, 0.3) is 21.8 Å². The van der Waals surface area contributed by atoms with Crippen LogP contribution in [0.4, 0.5) is 5.82 Å². The second kappa shape index (κ2) is 2.87. The van der Waals surface area contributed by atoms with Crippen molar-refractivity contribution in [2.45, 2.75) is 0 Å². The molecule has 0 spiro atoms. The van der Waals surface area contributed by atoms with Crippen LogP contribution >= 0.6 is 11.6 Å². The Balaban J connectivity index is 2.58. The first-order valence-corrected chi connectivity index (χ1v) is 4.95. The van der Waals surface area contributed by atoms with E-state index in [9.17, 15) is 0 Å². The van der Waals surface area contributed by atoms with Crippen molar-refractivity contribution in [2.75, 3.05) is 5.73 Å². The molecule has 15 heavy (non-hydrogen) atoms. The Morgan fingerprint density at radius 3 is 3.00 bits per heavy atom. The maximum Gasteiger partial charge on any atom is 0.124 e. The van der Waals surface area contributed by atoms with Crippen LogP contribution in [0.2, 0.25) is 5.02 Å². The van der Waals surface area contributed by atoms with E-state index < -0.39 is 0 Å². The SMILES string of the molecule is Nc1cc2c(cn1)[nH]c1c(Cl)cccc12. The third-order valence-electron chi connectivity index (χ3n) is 2.49. The molecule has 3 aromatic rings. The van der Waals surface area contributed by atoms with E-state index in [0.29, 0.717) is 10.8 Å². The average Bonchev–Trinajstić information content (AvgIpc) is 2.58. The van der Waals surface area contributed by atoms with Crippen molar-refractivity contribution in [1.82, 2.24) is 9.97 Å². The summed E-state index contributed by atoms with van der Waals surface area (Å²) in [4.78, 5) is 7.26. The lowest BCUT2D eigenvalue weighted by Gasteiger charge is -1.93. The van der Waals surface area contributed by atoms with Crippen molar-refractivity contribution in [3.8, 4) is 0 Å². The van der Waals surface area contributed by atoms with E-state index in [1.165, 1.54) is 0 Å². The van der Waals surface area contributed by atoms with Crippen LogP contribution in [0, 0.1) is 0 Å². The van der Waals surface area contributed by atoms with Gasteiger partial charge in [-0.15, -0.1) is 0 Å². The number of rotatable bonds is 0. The fraction of sp³-hybridized carbons (Fsp3) is 0. The van der Waals surface area contributed by atoms with E-state index in [-0.39, 0.29) is 0 Å². The molecule has 0 amide bonds. The Labute approximate surface area is 90.9 Å². The third kappa shape index (κ3) is 1.17. The quantitative estimate of drug-likeness (QED) is 0.608. The molecule has 2 heterocycles. The zero-order valence-corrected chi connectivity index (χ0v) is 8.55. The summed E-state index contributed by atoms with van der Waals surface area (Å²) in [5.41, 5.74) is 7.54. The molecule has 0 unspecified atom stereocenters. The summed E-state index contributed by atoms with van der Waals surface area (Å²) in [6, 6.07) is 7.65. The van der Waals surface area contributed by atoms with Gasteiger partial charge in [-0.25, -0.2) is 4.98 Å². The van der Waals surface area contributed by atoms with Crippen LogP contribution in [-0.2, 0) is 0 Å². The molecule has 3 N–H and O–H groups in total. The molecule has 0 aliphatic carbocycles. The first-order valence-electron chi connectivity index (χ1n) is 4.57. The summed E-state index contributed by atoms with van der Waals surface area (Å²) < 4.78 is 0. The minimum absolute atomic E-state index is 0.517. The number of aromatic amines is 1. The van der Waals surface area contributed by atoms with Gasteiger partial charge in [0.25, 0.3) is 0 Å². The Bertz CT molecular complexity index is 657. The number of nitrogens with two attached hydrogens (primary N) is 1. The van der Waals surface area contributed by atoms with Gasteiger partial charge in [0.15, 0.2) is 0 Å². The monoisotopic (exact) mass is 217 g/mol. The molecular formula is C11H8ClN3. The summed E-state index contributed by atoms with van der Waals surface area (Å²) in [5, 5.41) is 2.84. The number of nitrogens with zero attached hydrogens (tertiary/aromatic N) is 1. The molecule has 3 nitrogen and oxygen atoms in total. The average molecular weight is 218 g/mol. The minimum atomic E-state index is 0.517. The number of pyridine rings is 1. The van der Waals surface area contributed by atoms with Crippen molar-refractivity contribution in [2.24, 2.45) is 0 Å². The van der Waals surface area contributed by atoms with Gasteiger partial charge in [-0.05, 0) is 12.1 Å². The van der Waals surface area contributed by atoms with Gasteiger partial charge in [-0.1, -0.05) is 23.7 Å². The second-order valence-corrected chi connectivity index (χ2v) is 3.85. The van der Waals surface area contributed by atoms with E-state index in [2.05, 4.69) is 9.97 Å². The van der Waals surface area contributed by atoms with Crippen LogP contribution in [-0.4, -0.2) is 9.97 Å². The lowest BCUT2D eigenvalue weighted by Crippen LogP contribution is -1.87. The molecule has 3 rings (SSSR count). The van der Waals surface area contributed by atoms with Gasteiger partial charge in [0.2, 0.25) is 0 Å². The molecule has 0 fully saturated rings. The Hall–Kier alpha value is -1.74. The van der Waals surface area contributed by atoms with Gasteiger partial charge in [-0.3, -0.25) is 0 Å². The van der Waals surface area contributed by atoms with Crippen molar-refractivity contribution >= 4 is 39.2 Å². The van der Waals surface area contributed by atoms with Gasteiger partial charge < -0.3 is 10.7 Å². The molecule has 0 bridgehead atoms. The second-order valence-electron chi connectivity index (χ2n) is 3.44. The van der Waals surface area contributed by atoms with Crippen molar-refractivity contribution in [3.05, 3.63) is 35.5 Å². The van der Waals surface area contributed by atoms with Crippen LogP contribution in [0.1, 0.15) is 0 Å². The molecule has 4 heteroatoms. The number of anilines is 1. The first-order chi connectivity index (χ1) is 7.25. The standard InChI is InChI=1S/C11H8ClN3/c12-8-3-1-2-6-7-4-10(13)14-5-9(7)15-11(6)8/h1-5,15H,(H2,13,14). The molecule has 1 aromatic carbocycles. The Morgan fingerprint density at radius 1 is 1.27 bits per heavy atom. The summed E-state index contributed by atoms with van der Waals surface area (Å²) in [7, 11) is 0. The third-order valence-corrected chi connectivity index (χ3v) is 2.80. The number of halogens is 1. The van der Waals surface area contributed by atoms with Gasteiger partial charge >= 0.3 is 0 Å². The predicted molar refractivity (Wildman–Crippen MR) is 63.0 cm³/mol. The molecule has 0 radical (unpaired) electrons. The lowest BCUT2D eigenvalue weighted by atomic mass is 10.2. The molecule has 0 aliphatic rings. The number of fused-ring (bicyclic) bond motifs is 3. The molecule has 0 saturated heterocycles. The highest BCUT2D eigenvalue weighted by Crippen LogP contribution is 2.30. The summed E-state index contributed by atoms with van der Waals surface area (Å²) >= 11 is 6.09. The van der Waals surface area contributed by atoms with Crippen molar-refractivity contribution < 1.29 is 0 Å². The largest absolute Gasteiger partial charge is 0.384 e. The van der Waals surface area contributed by atoms with Crippen LogP contribution in [0.5, 0.6) is 0 Å². The molecule has 0 atom stereocenters. The number of aromatic nitrogens is 2. The number of hydrogen-bond donors (Lipinski definition) is 2. The number of benzene rings is 1. The van der Waals surface area contributed by atoms with Crippen molar-refractivity contribution in [1.29, 1.82) is 0 Å². The smallest absolute Gasteiger partial charge is 0.124 e. The van der Waals surface area contributed by atoms with E-state index in [0.717, 1.165) is 21.8 Å². The number of nitrogen functional groups attached to an aromatic ring is 1. The fourth-order valence-corrected chi connectivity index (χ4v) is 2.03. The van der Waals surface area contributed by atoms with Crippen LogP contribution < -0.4 is 5.73 Å². The maximum atomic E-state index is 6.09. The van der Waals surface area contributed by atoms with Gasteiger partial charge in [0.05, 0.1) is 22.3 Å². The van der Waals surface area contributed by atoms with E-state index in [4.69, 9.17) is 17.3 Å². The number of nitrogens with one attached hydrogen (secondary N) is 1. The number of para-hydroxylation sites is 1. The predicted octanol–water partition coefficient (Wildman–Crippen LogP) is 2.95. The lowest BCUT2D eigenvalue weighted by molar-refractivity contribution is 1.35. The Morgan fingerprint density at radius 2 is 2.13 bits per heavy atom. The highest BCUT2D eigenvalue weighted by atomic mass is 35.5. The summed E-state index contributed by atoms with van der Waals surface area (Å²) in [6.07, 6.45) is 1.72. The van der Waals surface area contributed by atoms with Gasteiger partial charge in [0.1, 0.15) is 5.82 Å². The first kappa shape index (κ1) is 8.56. The Kier molecular flexibility index (Phi) is 1.64. The zero-order chi connectivity index (χ0) is 10.4. The van der Waals surface area contributed by atoms with Crippen molar-refractivity contribution in [3.63, 3.8) is 0 Å². The summed E-state index contributed by atoms with van der Waals surface area (Å²) in [6.45, 7) is 0. The zero-order valence-electron chi connectivity index (χ0n) is 7.79. The van der Waals surface area contributed by atoms with Gasteiger partial charge in [0, 0.05) is 10.8 Å². The molecule has 0 saturated carbocycles. The number of hydrogen-bond acceptors (Lipinski definition) is 2. The molecule has 0 aliphatic heterocycles.